The van der Waals surface area contributed by atoms with E-state index >= 15 is 0 Å². The molecule has 0 N–H and O–H groups in total. The summed E-state index contributed by atoms with van der Waals surface area (Å²) in [4.78, 5) is 13.1. The Morgan fingerprint density at radius 2 is 1.83 bits per heavy atom. The maximum absolute atomic E-state index is 11.8. The van der Waals surface area contributed by atoms with Crippen LogP contribution in [0.1, 0.15) is 29.6 Å². The number of carbonyl (C=O) groups is 1. The molecule has 4 nitrogen and oxygen atoms in total. The van der Waals surface area contributed by atoms with Crippen molar-refractivity contribution in [2.24, 2.45) is 0 Å². The summed E-state index contributed by atoms with van der Waals surface area (Å²) < 4.78 is 23.6. The number of benzene rings is 1. The first-order valence-electron chi connectivity index (χ1n) is 6.06. The van der Waals surface area contributed by atoms with Crippen molar-refractivity contribution in [3.05, 3.63) is 23.8 Å². The zero-order valence-corrected chi connectivity index (χ0v) is 11.2. The van der Waals surface area contributed by atoms with E-state index in [1.165, 1.54) is 18.7 Å². The Balaban J connectivity index is 2.48. The predicted molar refractivity (Wildman–Crippen MR) is 71.0 cm³/mol. The van der Waals surface area contributed by atoms with Crippen molar-refractivity contribution in [3.63, 3.8) is 0 Å². The van der Waals surface area contributed by atoms with Gasteiger partial charge in [0.2, 0.25) is 0 Å². The van der Waals surface area contributed by atoms with Gasteiger partial charge in [0.05, 0.1) is 10.6 Å². The lowest BCUT2D eigenvalue weighted by Gasteiger charge is -2.30. The van der Waals surface area contributed by atoms with E-state index in [4.69, 9.17) is 0 Å². The quantitative estimate of drug-likeness (QED) is 0.785. The van der Waals surface area contributed by atoms with Gasteiger partial charge in [-0.25, -0.2) is 8.42 Å². The molecule has 1 aromatic rings. The summed E-state index contributed by atoms with van der Waals surface area (Å²) in [5, 5.41) is 0. The smallest absolute Gasteiger partial charge is 0.177 e. The number of sulfone groups is 1. The van der Waals surface area contributed by atoms with Gasteiger partial charge < -0.3 is 4.90 Å². The molecular formula is C13H17NO3S. The van der Waals surface area contributed by atoms with Gasteiger partial charge in [0, 0.05) is 24.9 Å². The van der Waals surface area contributed by atoms with E-state index < -0.39 is 9.84 Å². The first-order valence-corrected chi connectivity index (χ1v) is 7.96. The van der Waals surface area contributed by atoms with Crippen LogP contribution in [0.3, 0.4) is 0 Å². The van der Waals surface area contributed by atoms with Crippen LogP contribution in [-0.2, 0) is 9.84 Å². The summed E-state index contributed by atoms with van der Waals surface area (Å²) in [5.74, 6) is 0. The van der Waals surface area contributed by atoms with Gasteiger partial charge in [0.1, 0.15) is 6.29 Å². The Bertz CT molecular complexity index is 545. The predicted octanol–water partition coefficient (Wildman–Crippen LogP) is 1.89. The number of carbonyl (C=O) groups excluding carboxylic acids is 1. The van der Waals surface area contributed by atoms with Crippen LogP contribution in [0.5, 0.6) is 0 Å². The molecule has 0 unspecified atom stereocenters. The van der Waals surface area contributed by atoms with Crippen LogP contribution in [0, 0.1) is 0 Å². The molecule has 1 aromatic carbocycles. The average Bonchev–Trinajstić information content (AvgIpc) is 2.38. The topological polar surface area (TPSA) is 54.5 Å². The Morgan fingerprint density at radius 3 is 2.39 bits per heavy atom. The largest absolute Gasteiger partial charge is 0.370 e. The molecule has 0 aromatic heterocycles. The minimum atomic E-state index is -3.32. The molecule has 0 bridgehead atoms. The highest BCUT2D eigenvalue weighted by molar-refractivity contribution is 7.90. The van der Waals surface area contributed by atoms with Gasteiger partial charge >= 0.3 is 0 Å². The zero-order valence-electron chi connectivity index (χ0n) is 10.4. The van der Waals surface area contributed by atoms with Crippen LogP contribution in [0.4, 0.5) is 5.69 Å². The molecule has 2 rings (SSSR count). The lowest BCUT2D eigenvalue weighted by molar-refractivity contribution is 0.112. The lowest BCUT2D eigenvalue weighted by atomic mass is 10.1. The molecule has 1 saturated heterocycles. The van der Waals surface area contributed by atoms with Gasteiger partial charge in [-0.1, -0.05) is 0 Å². The molecule has 0 spiro atoms. The SMILES string of the molecule is CS(=O)(=O)c1cc(C=O)ccc1N1CCCCC1. The fourth-order valence-corrected chi connectivity index (χ4v) is 3.22. The van der Waals surface area contributed by atoms with Crippen molar-refractivity contribution in [2.75, 3.05) is 24.2 Å². The van der Waals surface area contributed by atoms with Crippen LogP contribution < -0.4 is 4.90 Å². The van der Waals surface area contributed by atoms with E-state index in [0.717, 1.165) is 31.6 Å². The molecule has 0 atom stereocenters. The van der Waals surface area contributed by atoms with Gasteiger partial charge in [0.15, 0.2) is 9.84 Å². The number of nitrogens with zero attached hydrogens (tertiary/aromatic N) is 1. The highest BCUT2D eigenvalue weighted by atomic mass is 32.2. The summed E-state index contributed by atoms with van der Waals surface area (Å²) in [6.07, 6.45) is 5.22. The highest BCUT2D eigenvalue weighted by Gasteiger charge is 2.20. The highest BCUT2D eigenvalue weighted by Crippen LogP contribution is 2.28. The fraction of sp³-hybridized carbons (Fsp3) is 0.462. The monoisotopic (exact) mass is 267 g/mol. The van der Waals surface area contributed by atoms with E-state index in [2.05, 4.69) is 4.90 Å². The van der Waals surface area contributed by atoms with Crippen molar-refractivity contribution in [1.29, 1.82) is 0 Å². The van der Waals surface area contributed by atoms with Crippen LogP contribution >= 0.6 is 0 Å². The lowest BCUT2D eigenvalue weighted by Crippen LogP contribution is -2.30. The van der Waals surface area contributed by atoms with Gasteiger partial charge in [-0.05, 0) is 37.5 Å². The van der Waals surface area contributed by atoms with Crippen LogP contribution in [0.25, 0.3) is 0 Å². The third-order valence-electron chi connectivity index (χ3n) is 3.22. The summed E-state index contributed by atoms with van der Waals surface area (Å²) in [6.45, 7) is 1.76. The van der Waals surface area contributed by atoms with E-state index in [1.54, 1.807) is 12.1 Å². The van der Waals surface area contributed by atoms with Crippen molar-refractivity contribution >= 4 is 21.8 Å². The third-order valence-corrected chi connectivity index (χ3v) is 4.34. The number of hydrogen-bond donors (Lipinski definition) is 0. The summed E-state index contributed by atoms with van der Waals surface area (Å²) in [5.41, 5.74) is 1.12. The van der Waals surface area contributed by atoms with E-state index in [1.807, 2.05) is 0 Å². The first kappa shape index (κ1) is 13.1. The minimum Gasteiger partial charge on any atom is -0.370 e. The maximum atomic E-state index is 11.8. The third kappa shape index (κ3) is 2.72. The number of piperidine rings is 1. The van der Waals surface area contributed by atoms with E-state index in [9.17, 15) is 13.2 Å². The second-order valence-corrected chi connectivity index (χ2v) is 6.65. The molecule has 1 aliphatic heterocycles. The van der Waals surface area contributed by atoms with E-state index in [-0.39, 0.29) is 4.90 Å². The summed E-state index contributed by atoms with van der Waals surface area (Å²) in [6, 6.07) is 4.88. The van der Waals surface area contributed by atoms with Gasteiger partial charge in [-0.3, -0.25) is 4.79 Å². The summed E-state index contributed by atoms with van der Waals surface area (Å²) in [7, 11) is -3.32. The Labute approximate surface area is 108 Å². The second kappa shape index (κ2) is 5.10. The number of anilines is 1. The van der Waals surface area contributed by atoms with Crippen molar-refractivity contribution in [1.82, 2.24) is 0 Å². The molecule has 1 aliphatic rings. The fourth-order valence-electron chi connectivity index (χ4n) is 2.30. The first-order chi connectivity index (χ1) is 8.52. The standard InChI is InChI=1S/C13H17NO3S/c1-18(16,17)13-9-11(10-15)5-6-12(13)14-7-3-2-4-8-14/h5-6,9-10H,2-4,7-8H2,1H3. The molecular weight excluding hydrogens is 250 g/mol. The van der Waals surface area contributed by atoms with Gasteiger partial charge in [0.25, 0.3) is 0 Å². The number of aldehydes is 1. The van der Waals surface area contributed by atoms with Crippen LogP contribution in [-0.4, -0.2) is 34.0 Å². The molecule has 0 aliphatic carbocycles. The molecule has 18 heavy (non-hydrogen) atoms. The molecule has 1 fully saturated rings. The van der Waals surface area contributed by atoms with Gasteiger partial charge in [-0.15, -0.1) is 0 Å². The molecule has 98 valence electrons. The molecule has 1 heterocycles. The van der Waals surface area contributed by atoms with Crippen molar-refractivity contribution < 1.29 is 13.2 Å². The Kier molecular flexibility index (Phi) is 3.71. The minimum absolute atomic E-state index is 0.258. The number of hydrogen-bond acceptors (Lipinski definition) is 4. The average molecular weight is 267 g/mol. The Hall–Kier alpha value is -1.36. The van der Waals surface area contributed by atoms with Gasteiger partial charge in [-0.2, -0.15) is 0 Å². The van der Waals surface area contributed by atoms with Crippen LogP contribution in [0.15, 0.2) is 23.1 Å². The molecule has 0 radical (unpaired) electrons. The summed E-state index contributed by atoms with van der Waals surface area (Å²) >= 11 is 0. The van der Waals surface area contributed by atoms with E-state index in [0.29, 0.717) is 11.8 Å². The van der Waals surface area contributed by atoms with Crippen molar-refractivity contribution in [3.8, 4) is 0 Å². The Morgan fingerprint density at radius 1 is 1.17 bits per heavy atom. The number of rotatable bonds is 3. The molecule has 0 amide bonds. The normalized spacial score (nSPS) is 16.6. The molecule has 0 saturated carbocycles. The zero-order chi connectivity index (χ0) is 13.2. The maximum Gasteiger partial charge on any atom is 0.177 e. The molecule has 5 heteroatoms. The van der Waals surface area contributed by atoms with Crippen molar-refractivity contribution in [2.45, 2.75) is 24.2 Å². The van der Waals surface area contributed by atoms with Crippen LogP contribution in [0.2, 0.25) is 0 Å². The second-order valence-electron chi connectivity index (χ2n) is 4.66.